The minimum absolute atomic E-state index is 0.848. The van der Waals surface area contributed by atoms with Crippen molar-refractivity contribution in [3.63, 3.8) is 0 Å². The zero-order valence-corrected chi connectivity index (χ0v) is 7.93. The molecule has 1 saturated carbocycles. The number of hydrogen-bond acceptors (Lipinski definition) is 2. The zero-order valence-electron chi connectivity index (χ0n) is 7.12. The number of hydrogen-bond donors (Lipinski definition) is 0. The van der Waals surface area contributed by atoms with Crippen LogP contribution in [0.5, 0.6) is 5.75 Å². The van der Waals surface area contributed by atoms with Crippen LogP contribution in [0.3, 0.4) is 0 Å². The summed E-state index contributed by atoms with van der Waals surface area (Å²) in [6.07, 6.45) is 2.73. The molecular weight excluding hydrogens is 168 g/mol. The summed E-state index contributed by atoms with van der Waals surface area (Å²) in [5.41, 5.74) is 0. The molecule has 2 rings (SSSR count). The Hall–Kier alpha value is -0.630. The molecule has 0 N–H and O–H groups in total. The van der Waals surface area contributed by atoms with Crippen LogP contribution in [0.2, 0.25) is 0 Å². The van der Waals surface area contributed by atoms with E-state index in [1.165, 1.54) is 17.7 Å². The van der Waals surface area contributed by atoms with Crippen LogP contribution < -0.4 is 4.74 Å². The van der Waals surface area contributed by atoms with Gasteiger partial charge in [0, 0.05) is 10.1 Å². The van der Waals surface area contributed by atoms with E-state index in [1.54, 1.807) is 7.11 Å². The number of para-hydroxylation sites is 1. The molecule has 0 bridgehead atoms. The van der Waals surface area contributed by atoms with Crippen molar-refractivity contribution in [2.45, 2.75) is 23.0 Å². The Morgan fingerprint density at radius 3 is 2.75 bits per heavy atom. The molecule has 1 fully saturated rings. The van der Waals surface area contributed by atoms with Crippen molar-refractivity contribution >= 4 is 11.8 Å². The first-order chi connectivity index (χ1) is 5.90. The van der Waals surface area contributed by atoms with Crippen LogP contribution in [0.15, 0.2) is 29.2 Å². The van der Waals surface area contributed by atoms with Gasteiger partial charge in [-0.25, -0.2) is 0 Å². The Bertz CT molecular complexity index is 268. The van der Waals surface area contributed by atoms with Crippen molar-refractivity contribution in [3.05, 3.63) is 24.3 Å². The van der Waals surface area contributed by atoms with E-state index in [0.717, 1.165) is 11.0 Å². The normalized spacial score (nSPS) is 16.1. The molecule has 1 aliphatic carbocycles. The van der Waals surface area contributed by atoms with E-state index in [1.807, 2.05) is 23.9 Å². The lowest BCUT2D eigenvalue weighted by atomic mass is 10.3. The van der Waals surface area contributed by atoms with E-state index in [-0.39, 0.29) is 0 Å². The van der Waals surface area contributed by atoms with Gasteiger partial charge in [-0.15, -0.1) is 11.8 Å². The molecule has 0 heterocycles. The molecule has 2 heteroatoms. The second-order valence-corrected chi connectivity index (χ2v) is 4.31. The Balaban J connectivity index is 2.15. The maximum absolute atomic E-state index is 5.25. The molecule has 1 aliphatic rings. The van der Waals surface area contributed by atoms with Crippen LogP contribution in [-0.4, -0.2) is 12.4 Å². The van der Waals surface area contributed by atoms with E-state index < -0.39 is 0 Å². The minimum Gasteiger partial charge on any atom is -0.496 e. The molecule has 0 unspecified atom stereocenters. The topological polar surface area (TPSA) is 9.23 Å². The zero-order chi connectivity index (χ0) is 8.39. The summed E-state index contributed by atoms with van der Waals surface area (Å²) >= 11 is 1.94. The van der Waals surface area contributed by atoms with Gasteiger partial charge in [0.15, 0.2) is 0 Å². The number of methoxy groups -OCH3 is 1. The molecule has 1 aromatic rings. The Labute approximate surface area is 77.1 Å². The molecule has 0 aromatic heterocycles. The Morgan fingerprint density at radius 2 is 2.08 bits per heavy atom. The van der Waals surface area contributed by atoms with Gasteiger partial charge < -0.3 is 4.74 Å². The van der Waals surface area contributed by atoms with Crippen LogP contribution in [0.1, 0.15) is 12.8 Å². The number of thioether (sulfide) groups is 1. The van der Waals surface area contributed by atoms with Crippen LogP contribution in [0.4, 0.5) is 0 Å². The van der Waals surface area contributed by atoms with Crippen LogP contribution in [0, 0.1) is 0 Å². The van der Waals surface area contributed by atoms with Crippen LogP contribution in [-0.2, 0) is 0 Å². The minimum atomic E-state index is 0.848. The molecule has 0 saturated heterocycles. The van der Waals surface area contributed by atoms with Gasteiger partial charge in [0.25, 0.3) is 0 Å². The van der Waals surface area contributed by atoms with Gasteiger partial charge in [-0.1, -0.05) is 12.1 Å². The Morgan fingerprint density at radius 1 is 1.33 bits per heavy atom. The molecular formula is C10H12OS. The number of benzene rings is 1. The predicted octanol–water partition coefficient (Wildman–Crippen LogP) is 2.95. The molecule has 1 aromatic carbocycles. The third kappa shape index (κ3) is 1.75. The highest BCUT2D eigenvalue weighted by Gasteiger charge is 2.23. The third-order valence-electron chi connectivity index (χ3n) is 1.89. The SMILES string of the molecule is COc1ccccc1SC1CC1. The monoisotopic (exact) mass is 180 g/mol. The van der Waals surface area contributed by atoms with Gasteiger partial charge in [0.2, 0.25) is 0 Å². The summed E-state index contributed by atoms with van der Waals surface area (Å²) in [6.45, 7) is 0. The molecule has 1 nitrogen and oxygen atoms in total. The predicted molar refractivity (Wildman–Crippen MR) is 51.9 cm³/mol. The summed E-state index contributed by atoms with van der Waals surface area (Å²) in [6, 6.07) is 8.22. The Kier molecular flexibility index (Phi) is 2.26. The highest BCUT2D eigenvalue weighted by atomic mass is 32.2. The molecule has 0 spiro atoms. The van der Waals surface area contributed by atoms with E-state index in [2.05, 4.69) is 12.1 Å². The standard InChI is InChI=1S/C10H12OS/c1-11-9-4-2-3-5-10(9)12-8-6-7-8/h2-5,8H,6-7H2,1H3. The van der Waals surface area contributed by atoms with Crippen molar-refractivity contribution in [2.75, 3.05) is 7.11 Å². The van der Waals surface area contributed by atoms with Gasteiger partial charge in [-0.2, -0.15) is 0 Å². The van der Waals surface area contributed by atoms with Crippen molar-refractivity contribution in [3.8, 4) is 5.75 Å². The van der Waals surface area contributed by atoms with E-state index in [9.17, 15) is 0 Å². The average Bonchev–Trinajstić information content (AvgIpc) is 2.89. The lowest BCUT2D eigenvalue weighted by Gasteiger charge is -2.05. The third-order valence-corrected chi connectivity index (χ3v) is 3.28. The summed E-state index contributed by atoms with van der Waals surface area (Å²) in [5.74, 6) is 1.01. The maximum atomic E-state index is 5.25. The highest BCUT2D eigenvalue weighted by molar-refractivity contribution is 8.00. The fourth-order valence-corrected chi connectivity index (χ4v) is 2.24. The average molecular weight is 180 g/mol. The first-order valence-corrected chi connectivity index (χ1v) is 5.08. The molecule has 0 amide bonds. The molecule has 0 atom stereocenters. The van der Waals surface area contributed by atoms with Gasteiger partial charge >= 0.3 is 0 Å². The van der Waals surface area contributed by atoms with Crippen molar-refractivity contribution < 1.29 is 4.74 Å². The number of rotatable bonds is 3. The quantitative estimate of drug-likeness (QED) is 0.707. The van der Waals surface area contributed by atoms with Crippen LogP contribution >= 0.6 is 11.8 Å². The molecule has 0 radical (unpaired) electrons. The highest BCUT2D eigenvalue weighted by Crippen LogP contribution is 2.42. The smallest absolute Gasteiger partial charge is 0.132 e. The van der Waals surface area contributed by atoms with Crippen LogP contribution in [0.25, 0.3) is 0 Å². The number of ether oxygens (including phenoxy) is 1. The van der Waals surface area contributed by atoms with E-state index in [0.29, 0.717) is 0 Å². The lowest BCUT2D eigenvalue weighted by Crippen LogP contribution is -1.85. The van der Waals surface area contributed by atoms with Crippen molar-refractivity contribution in [2.24, 2.45) is 0 Å². The van der Waals surface area contributed by atoms with E-state index >= 15 is 0 Å². The maximum Gasteiger partial charge on any atom is 0.132 e. The van der Waals surface area contributed by atoms with Gasteiger partial charge in [0.05, 0.1) is 7.11 Å². The second kappa shape index (κ2) is 3.40. The summed E-state index contributed by atoms with van der Waals surface area (Å²) in [7, 11) is 1.73. The van der Waals surface area contributed by atoms with Gasteiger partial charge in [-0.05, 0) is 25.0 Å². The van der Waals surface area contributed by atoms with Gasteiger partial charge in [-0.3, -0.25) is 0 Å². The first-order valence-electron chi connectivity index (χ1n) is 4.20. The summed E-state index contributed by atoms with van der Waals surface area (Å²) in [4.78, 5) is 1.28. The second-order valence-electron chi connectivity index (χ2n) is 2.97. The van der Waals surface area contributed by atoms with E-state index in [4.69, 9.17) is 4.74 Å². The molecule has 64 valence electrons. The largest absolute Gasteiger partial charge is 0.496 e. The summed E-state index contributed by atoms with van der Waals surface area (Å²) in [5, 5.41) is 0.848. The summed E-state index contributed by atoms with van der Waals surface area (Å²) < 4.78 is 5.25. The fraction of sp³-hybridized carbons (Fsp3) is 0.400. The van der Waals surface area contributed by atoms with Crippen molar-refractivity contribution in [1.29, 1.82) is 0 Å². The van der Waals surface area contributed by atoms with Crippen molar-refractivity contribution in [1.82, 2.24) is 0 Å². The fourth-order valence-electron chi connectivity index (χ4n) is 1.08. The van der Waals surface area contributed by atoms with Gasteiger partial charge in [0.1, 0.15) is 5.75 Å². The molecule has 12 heavy (non-hydrogen) atoms. The lowest BCUT2D eigenvalue weighted by molar-refractivity contribution is 0.405. The first kappa shape index (κ1) is 7.99. The molecule has 0 aliphatic heterocycles.